The van der Waals surface area contributed by atoms with Gasteiger partial charge in [0.05, 0.1) is 21.6 Å². The molecule has 7 nitrogen and oxygen atoms in total. The summed E-state index contributed by atoms with van der Waals surface area (Å²) in [6.07, 6.45) is 0. The molecule has 1 N–H and O–H groups in total. The SMILES string of the molecule is CC(NC(=O)c1cc([N+](=O)[O-])ccc1Cl)c1ccc2c(c1)OCCO2. The van der Waals surface area contributed by atoms with Gasteiger partial charge in [0.1, 0.15) is 13.2 Å². The van der Waals surface area contributed by atoms with E-state index in [2.05, 4.69) is 5.32 Å². The molecule has 0 saturated heterocycles. The molecule has 3 rings (SSSR count). The number of carbonyl (C=O) groups excluding carboxylic acids is 1. The second-order valence-electron chi connectivity index (χ2n) is 5.52. The first-order valence-corrected chi connectivity index (χ1v) is 7.98. The van der Waals surface area contributed by atoms with Crippen molar-refractivity contribution in [3.05, 3.63) is 62.7 Å². The third kappa shape index (κ3) is 3.66. The second-order valence-corrected chi connectivity index (χ2v) is 5.93. The van der Waals surface area contributed by atoms with Gasteiger partial charge in [-0.2, -0.15) is 0 Å². The molecule has 1 aliphatic heterocycles. The molecule has 2 aromatic rings. The number of carbonyl (C=O) groups is 1. The van der Waals surface area contributed by atoms with E-state index in [4.69, 9.17) is 21.1 Å². The van der Waals surface area contributed by atoms with Crippen LogP contribution < -0.4 is 14.8 Å². The molecule has 1 amide bonds. The van der Waals surface area contributed by atoms with Gasteiger partial charge in [-0.1, -0.05) is 17.7 Å². The van der Waals surface area contributed by atoms with Crippen LogP contribution in [0.1, 0.15) is 28.9 Å². The maximum absolute atomic E-state index is 12.4. The average Bonchev–Trinajstić information content (AvgIpc) is 2.61. The maximum atomic E-state index is 12.4. The molecule has 1 unspecified atom stereocenters. The molecule has 0 aromatic heterocycles. The minimum absolute atomic E-state index is 0.0558. The van der Waals surface area contributed by atoms with E-state index >= 15 is 0 Å². The van der Waals surface area contributed by atoms with Gasteiger partial charge in [-0.25, -0.2) is 0 Å². The van der Waals surface area contributed by atoms with Crippen molar-refractivity contribution in [3.8, 4) is 11.5 Å². The molecule has 0 aliphatic carbocycles. The summed E-state index contributed by atoms with van der Waals surface area (Å²) in [6, 6.07) is 8.81. The van der Waals surface area contributed by atoms with Crippen molar-refractivity contribution in [2.24, 2.45) is 0 Å². The van der Waals surface area contributed by atoms with Gasteiger partial charge in [0, 0.05) is 12.1 Å². The smallest absolute Gasteiger partial charge is 0.270 e. The summed E-state index contributed by atoms with van der Waals surface area (Å²) in [6.45, 7) is 2.78. The number of non-ortho nitro benzene ring substituents is 1. The van der Waals surface area contributed by atoms with Gasteiger partial charge in [0.2, 0.25) is 0 Å². The van der Waals surface area contributed by atoms with Crippen molar-refractivity contribution in [1.82, 2.24) is 5.32 Å². The summed E-state index contributed by atoms with van der Waals surface area (Å²) in [5, 5.41) is 13.8. The Kier molecular flexibility index (Phi) is 4.76. The van der Waals surface area contributed by atoms with Crippen LogP contribution in [0.3, 0.4) is 0 Å². The lowest BCUT2D eigenvalue weighted by Crippen LogP contribution is -2.27. The largest absolute Gasteiger partial charge is 0.486 e. The maximum Gasteiger partial charge on any atom is 0.270 e. The van der Waals surface area contributed by atoms with Crippen molar-refractivity contribution < 1.29 is 19.2 Å². The zero-order valence-corrected chi connectivity index (χ0v) is 14.1. The Morgan fingerprint density at radius 1 is 1.20 bits per heavy atom. The van der Waals surface area contributed by atoms with E-state index in [1.807, 2.05) is 6.07 Å². The summed E-state index contributed by atoms with van der Waals surface area (Å²) in [7, 11) is 0. The van der Waals surface area contributed by atoms with Crippen LogP contribution in [0.5, 0.6) is 11.5 Å². The standard InChI is InChI=1S/C17H15ClN2O5/c1-10(11-2-5-15-16(8-11)25-7-6-24-15)19-17(21)13-9-12(20(22)23)3-4-14(13)18/h2-5,8-10H,6-7H2,1H3,(H,19,21). The van der Waals surface area contributed by atoms with Crippen LogP contribution in [0.15, 0.2) is 36.4 Å². The number of halogens is 1. The Morgan fingerprint density at radius 2 is 1.92 bits per heavy atom. The molecule has 1 atom stereocenters. The van der Waals surface area contributed by atoms with Gasteiger partial charge in [0.15, 0.2) is 11.5 Å². The minimum Gasteiger partial charge on any atom is -0.486 e. The van der Waals surface area contributed by atoms with E-state index in [-0.39, 0.29) is 22.3 Å². The minimum atomic E-state index is -0.572. The Morgan fingerprint density at radius 3 is 2.64 bits per heavy atom. The van der Waals surface area contributed by atoms with E-state index < -0.39 is 10.8 Å². The van der Waals surface area contributed by atoms with Gasteiger partial charge in [-0.05, 0) is 30.7 Å². The summed E-state index contributed by atoms with van der Waals surface area (Å²) in [5.41, 5.74) is 0.681. The number of rotatable bonds is 4. The topological polar surface area (TPSA) is 90.7 Å². The number of nitro groups is 1. The summed E-state index contributed by atoms with van der Waals surface area (Å²) in [4.78, 5) is 22.7. The van der Waals surface area contributed by atoms with Crippen LogP contribution in [0, 0.1) is 10.1 Å². The third-order valence-electron chi connectivity index (χ3n) is 3.82. The molecule has 0 saturated carbocycles. The zero-order chi connectivity index (χ0) is 18.0. The van der Waals surface area contributed by atoms with Gasteiger partial charge in [-0.3, -0.25) is 14.9 Å². The summed E-state index contributed by atoms with van der Waals surface area (Å²) in [5.74, 6) is 0.796. The fraction of sp³-hybridized carbons (Fsp3) is 0.235. The average molecular weight is 363 g/mol. The molecular formula is C17H15ClN2O5. The van der Waals surface area contributed by atoms with Crippen molar-refractivity contribution in [1.29, 1.82) is 0 Å². The fourth-order valence-electron chi connectivity index (χ4n) is 2.49. The van der Waals surface area contributed by atoms with E-state index in [1.54, 1.807) is 19.1 Å². The number of amides is 1. The number of fused-ring (bicyclic) bond motifs is 1. The molecule has 130 valence electrons. The normalized spacial score (nSPS) is 13.8. The number of ether oxygens (including phenoxy) is 2. The van der Waals surface area contributed by atoms with Crippen molar-refractivity contribution >= 4 is 23.2 Å². The van der Waals surface area contributed by atoms with Gasteiger partial charge < -0.3 is 14.8 Å². The molecule has 2 aromatic carbocycles. The number of nitrogens with zero attached hydrogens (tertiary/aromatic N) is 1. The van der Waals surface area contributed by atoms with Gasteiger partial charge in [0.25, 0.3) is 11.6 Å². The Balaban J connectivity index is 1.79. The molecule has 25 heavy (non-hydrogen) atoms. The number of hydrogen-bond acceptors (Lipinski definition) is 5. The quantitative estimate of drug-likeness (QED) is 0.663. The van der Waals surface area contributed by atoms with Crippen molar-refractivity contribution in [3.63, 3.8) is 0 Å². The number of nitro benzene ring substituents is 1. The fourth-order valence-corrected chi connectivity index (χ4v) is 2.69. The molecular weight excluding hydrogens is 348 g/mol. The molecule has 0 spiro atoms. The molecule has 1 heterocycles. The first kappa shape index (κ1) is 17.0. The highest BCUT2D eigenvalue weighted by Crippen LogP contribution is 2.32. The molecule has 0 bridgehead atoms. The molecule has 0 fully saturated rings. The highest BCUT2D eigenvalue weighted by molar-refractivity contribution is 6.33. The first-order chi connectivity index (χ1) is 12.0. The Hall–Kier alpha value is -2.80. The highest BCUT2D eigenvalue weighted by Gasteiger charge is 2.19. The lowest BCUT2D eigenvalue weighted by Gasteiger charge is -2.21. The number of nitrogens with one attached hydrogen (secondary N) is 1. The second kappa shape index (κ2) is 6.98. The van der Waals surface area contributed by atoms with E-state index in [1.165, 1.54) is 12.1 Å². The monoisotopic (exact) mass is 362 g/mol. The van der Waals surface area contributed by atoms with E-state index in [9.17, 15) is 14.9 Å². The van der Waals surface area contributed by atoms with E-state index in [0.717, 1.165) is 11.6 Å². The van der Waals surface area contributed by atoms with Gasteiger partial charge in [-0.15, -0.1) is 0 Å². The predicted octanol–water partition coefficient (Wildman–Crippen LogP) is 3.51. The van der Waals surface area contributed by atoms with Crippen LogP contribution in [0.25, 0.3) is 0 Å². The van der Waals surface area contributed by atoms with Crippen LogP contribution in [-0.2, 0) is 0 Å². The zero-order valence-electron chi connectivity index (χ0n) is 13.3. The lowest BCUT2D eigenvalue weighted by atomic mass is 10.1. The lowest BCUT2D eigenvalue weighted by molar-refractivity contribution is -0.384. The predicted molar refractivity (Wildman–Crippen MR) is 91.4 cm³/mol. The first-order valence-electron chi connectivity index (χ1n) is 7.60. The summed E-state index contributed by atoms with van der Waals surface area (Å²) >= 11 is 6.00. The molecule has 8 heteroatoms. The summed E-state index contributed by atoms with van der Waals surface area (Å²) < 4.78 is 11.0. The number of benzene rings is 2. The number of hydrogen-bond donors (Lipinski definition) is 1. The molecule has 1 aliphatic rings. The third-order valence-corrected chi connectivity index (χ3v) is 4.15. The van der Waals surface area contributed by atoms with Crippen molar-refractivity contribution in [2.75, 3.05) is 13.2 Å². The van der Waals surface area contributed by atoms with Gasteiger partial charge >= 0.3 is 0 Å². The van der Waals surface area contributed by atoms with Crippen LogP contribution in [-0.4, -0.2) is 24.0 Å². The van der Waals surface area contributed by atoms with Crippen LogP contribution in [0.2, 0.25) is 5.02 Å². The Labute approximate surface area is 148 Å². The van der Waals surface area contributed by atoms with Crippen LogP contribution in [0.4, 0.5) is 5.69 Å². The van der Waals surface area contributed by atoms with E-state index in [0.29, 0.717) is 24.7 Å². The van der Waals surface area contributed by atoms with Crippen LogP contribution >= 0.6 is 11.6 Å². The molecule has 0 radical (unpaired) electrons. The highest BCUT2D eigenvalue weighted by atomic mass is 35.5. The Bertz CT molecular complexity index is 840. The van der Waals surface area contributed by atoms with Crippen molar-refractivity contribution in [2.45, 2.75) is 13.0 Å².